The Balaban J connectivity index is 1.58. The molecule has 0 radical (unpaired) electrons. The van der Waals surface area contributed by atoms with Crippen LogP contribution in [-0.4, -0.2) is 26.4 Å². The number of esters is 1. The molecule has 1 unspecified atom stereocenters. The zero-order valence-corrected chi connectivity index (χ0v) is 15.4. The van der Waals surface area contributed by atoms with Crippen molar-refractivity contribution in [1.29, 1.82) is 0 Å². The van der Waals surface area contributed by atoms with Crippen LogP contribution in [0.25, 0.3) is 11.0 Å². The first-order valence-corrected chi connectivity index (χ1v) is 9.03. The van der Waals surface area contributed by atoms with Crippen LogP contribution in [0.3, 0.4) is 0 Å². The number of furan rings is 1. The van der Waals surface area contributed by atoms with E-state index in [0.29, 0.717) is 24.5 Å². The normalized spacial score (nSPS) is 13.7. The van der Waals surface area contributed by atoms with Crippen molar-refractivity contribution in [1.82, 2.24) is 0 Å². The van der Waals surface area contributed by atoms with E-state index in [-0.39, 0.29) is 6.79 Å². The Hall–Kier alpha value is -2.99. The van der Waals surface area contributed by atoms with E-state index in [4.69, 9.17) is 18.6 Å². The number of para-hydroxylation sites is 1. The lowest BCUT2D eigenvalue weighted by molar-refractivity contribution is -0.907. The average molecular weight is 368 g/mol. The Morgan fingerprint density at radius 2 is 1.93 bits per heavy atom. The highest BCUT2D eigenvalue weighted by Crippen LogP contribution is 2.32. The van der Waals surface area contributed by atoms with Crippen LogP contribution >= 0.6 is 0 Å². The van der Waals surface area contributed by atoms with Crippen molar-refractivity contribution in [3.8, 4) is 11.5 Å². The van der Waals surface area contributed by atoms with Gasteiger partial charge < -0.3 is 23.5 Å². The molecule has 1 N–H and O–H groups in total. The highest BCUT2D eigenvalue weighted by Gasteiger charge is 2.24. The second-order valence-corrected chi connectivity index (χ2v) is 6.62. The molecular formula is C21H22NO5+. The van der Waals surface area contributed by atoms with Crippen LogP contribution in [0.1, 0.15) is 28.6 Å². The summed E-state index contributed by atoms with van der Waals surface area (Å²) in [6, 6.07) is 13.7. The van der Waals surface area contributed by atoms with Crippen LogP contribution < -0.4 is 14.4 Å². The molecule has 3 aromatic rings. The van der Waals surface area contributed by atoms with Crippen LogP contribution in [0, 0.1) is 0 Å². The molecule has 1 aliphatic heterocycles. The zero-order valence-electron chi connectivity index (χ0n) is 15.4. The quantitative estimate of drug-likeness (QED) is 0.678. The molecule has 2 heterocycles. The van der Waals surface area contributed by atoms with Crippen molar-refractivity contribution in [2.75, 3.05) is 20.4 Å². The highest BCUT2D eigenvalue weighted by atomic mass is 16.7. The second kappa shape index (κ2) is 7.32. The van der Waals surface area contributed by atoms with Gasteiger partial charge in [0.05, 0.1) is 19.2 Å². The van der Waals surface area contributed by atoms with Gasteiger partial charge in [0.15, 0.2) is 11.5 Å². The molecule has 0 fully saturated rings. The average Bonchev–Trinajstić information content (AvgIpc) is 3.26. The molecule has 0 bridgehead atoms. The maximum Gasteiger partial charge on any atom is 0.374 e. The minimum atomic E-state index is -0.417. The van der Waals surface area contributed by atoms with Gasteiger partial charge in [-0.2, -0.15) is 0 Å². The van der Waals surface area contributed by atoms with Crippen LogP contribution in [0.15, 0.2) is 46.9 Å². The van der Waals surface area contributed by atoms with Crippen molar-refractivity contribution in [3.05, 3.63) is 59.4 Å². The number of hydrogen-bond donors (Lipinski definition) is 1. The molecule has 0 saturated heterocycles. The molecule has 2 aromatic carbocycles. The molecule has 1 atom stereocenters. The molecule has 1 aliphatic rings. The van der Waals surface area contributed by atoms with Gasteiger partial charge in [0, 0.05) is 10.9 Å². The lowest BCUT2D eigenvalue weighted by Crippen LogP contribution is -3.06. The Labute approximate surface area is 157 Å². The fraction of sp³-hybridized carbons (Fsp3) is 0.286. The summed E-state index contributed by atoms with van der Waals surface area (Å²) in [5, 5.41) is 0.950. The van der Waals surface area contributed by atoms with Gasteiger partial charge in [0.1, 0.15) is 18.7 Å². The minimum Gasteiger partial charge on any atom is -0.460 e. The molecule has 0 saturated carbocycles. The maximum atomic E-state index is 12.3. The molecule has 140 valence electrons. The van der Waals surface area contributed by atoms with Gasteiger partial charge in [0.25, 0.3) is 0 Å². The first-order valence-electron chi connectivity index (χ1n) is 9.03. The first kappa shape index (κ1) is 17.4. The van der Waals surface area contributed by atoms with Crippen molar-refractivity contribution in [2.24, 2.45) is 0 Å². The van der Waals surface area contributed by atoms with Crippen molar-refractivity contribution < 1.29 is 28.3 Å². The Morgan fingerprint density at radius 1 is 1.11 bits per heavy atom. The molecule has 0 aliphatic carbocycles. The highest BCUT2D eigenvalue weighted by molar-refractivity contribution is 5.96. The predicted molar refractivity (Wildman–Crippen MR) is 99.0 cm³/mol. The number of carbonyl (C=O) groups excluding carboxylic acids is 1. The number of ether oxygens (including phenoxy) is 3. The van der Waals surface area contributed by atoms with Gasteiger partial charge in [-0.3, -0.25) is 0 Å². The van der Waals surface area contributed by atoms with Crippen molar-refractivity contribution in [3.63, 3.8) is 0 Å². The molecule has 0 spiro atoms. The summed E-state index contributed by atoms with van der Waals surface area (Å²) in [4.78, 5) is 13.6. The number of carbonyl (C=O) groups is 1. The van der Waals surface area contributed by atoms with E-state index in [2.05, 4.69) is 7.05 Å². The predicted octanol–water partition coefficient (Wildman–Crippen LogP) is 2.55. The van der Waals surface area contributed by atoms with Crippen LogP contribution in [-0.2, 0) is 17.8 Å². The van der Waals surface area contributed by atoms with Crippen LogP contribution in [0.4, 0.5) is 0 Å². The molecule has 27 heavy (non-hydrogen) atoms. The standard InChI is InChI=1S/C21H21NO5/c1-3-24-21(23)20-16(15-6-4-5-7-17(15)27-20)12-22(2)11-14-8-9-18-19(10-14)26-13-25-18/h4-10H,3,11-13H2,1-2H3/p+1. The lowest BCUT2D eigenvalue weighted by Gasteiger charge is -2.14. The number of hydrogen-bond acceptors (Lipinski definition) is 5. The smallest absolute Gasteiger partial charge is 0.374 e. The first-order chi connectivity index (χ1) is 13.2. The summed E-state index contributed by atoms with van der Waals surface area (Å²) in [6.07, 6.45) is 0. The maximum absolute atomic E-state index is 12.3. The summed E-state index contributed by atoms with van der Waals surface area (Å²) in [6.45, 7) is 3.79. The molecule has 6 nitrogen and oxygen atoms in total. The fourth-order valence-electron chi connectivity index (χ4n) is 3.40. The van der Waals surface area contributed by atoms with E-state index in [1.807, 2.05) is 42.5 Å². The number of fused-ring (bicyclic) bond motifs is 2. The Bertz CT molecular complexity index is 978. The van der Waals surface area contributed by atoms with E-state index in [0.717, 1.165) is 34.6 Å². The Kier molecular flexibility index (Phi) is 4.73. The van der Waals surface area contributed by atoms with Gasteiger partial charge >= 0.3 is 5.97 Å². The lowest BCUT2D eigenvalue weighted by atomic mass is 10.1. The van der Waals surface area contributed by atoms with Gasteiger partial charge in [-0.25, -0.2) is 4.79 Å². The minimum absolute atomic E-state index is 0.269. The second-order valence-electron chi connectivity index (χ2n) is 6.62. The van der Waals surface area contributed by atoms with E-state index in [9.17, 15) is 4.79 Å². The monoisotopic (exact) mass is 368 g/mol. The largest absolute Gasteiger partial charge is 0.460 e. The number of benzene rings is 2. The van der Waals surface area contributed by atoms with E-state index >= 15 is 0 Å². The third kappa shape index (κ3) is 3.48. The van der Waals surface area contributed by atoms with Gasteiger partial charge in [-0.1, -0.05) is 18.2 Å². The fourth-order valence-corrected chi connectivity index (χ4v) is 3.40. The van der Waals surface area contributed by atoms with E-state index in [1.165, 1.54) is 4.90 Å². The van der Waals surface area contributed by atoms with E-state index in [1.54, 1.807) is 6.92 Å². The summed E-state index contributed by atoms with van der Waals surface area (Å²) in [5.41, 5.74) is 2.72. The third-order valence-corrected chi connectivity index (χ3v) is 4.58. The van der Waals surface area contributed by atoms with Crippen molar-refractivity contribution in [2.45, 2.75) is 20.0 Å². The van der Waals surface area contributed by atoms with Crippen molar-refractivity contribution >= 4 is 16.9 Å². The topological polar surface area (TPSA) is 62.3 Å². The third-order valence-electron chi connectivity index (χ3n) is 4.58. The molecular weight excluding hydrogens is 346 g/mol. The Morgan fingerprint density at radius 3 is 2.78 bits per heavy atom. The summed E-state index contributed by atoms with van der Waals surface area (Å²) in [7, 11) is 2.08. The SMILES string of the molecule is CCOC(=O)c1oc2ccccc2c1C[NH+](C)Cc1ccc2c(c1)OCO2. The molecule has 0 amide bonds. The van der Waals surface area contributed by atoms with Crippen LogP contribution in [0.2, 0.25) is 0 Å². The summed E-state index contributed by atoms with van der Waals surface area (Å²) in [5.74, 6) is 1.44. The number of quaternary nitrogens is 1. The molecule has 6 heteroatoms. The molecule has 4 rings (SSSR count). The van der Waals surface area contributed by atoms with Crippen LogP contribution in [0.5, 0.6) is 11.5 Å². The number of rotatable bonds is 6. The van der Waals surface area contributed by atoms with Gasteiger partial charge in [-0.15, -0.1) is 0 Å². The van der Waals surface area contributed by atoms with E-state index < -0.39 is 5.97 Å². The van der Waals surface area contributed by atoms with Gasteiger partial charge in [-0.05, 0) is 31.2 Å². The number of nitrogens with one attached hydrogen (secondary N) is 1. The zero-order chi connectivity index (χ0) is 18.8. The summed E-state index contributed by atoms with van der Waals surface area (Å²) >= 11 is 0. The van der Waals surface area contributed by atoms with Gasteiger partial charge in [0.2, 0.25) is 12.6 Å². The molecule has 1 aromatic heterocycles. The summed E-state index contributed by atoms with van der Waals surface area (Å²) < 4.78 is 21.8.